The number of amides is 1. The number of H-pyrrole nitrogens is 1. The predicted molar refractivity (Wildman–Crippen MR) is 105 cm³/mol. The minimum Gasteiger partial charge on any atom is -0.462 e. The van der Waals surface area contributed by atoms with E-state index in [9.17, 15) is 14.4 Å². The summed E-state index contributed by atoms with van der Waals surface area (Å²) in [5.41, 5.74) is 3.66. The van der Waals surface area contributed by atoms with Gasteiger partial charge in [0.15, 0.2) is 5.78 Å². The fourth-order valence-electron chi connectivity index (χ4n) is 3.74. The first-order valence-corrected chi connectivity index (χ1v) is 9.99. The van der Waals surface area contributed by atoms with E-state index >= 15 is 0 Å². The molecule has 3 rings (SSSR count). The molecule has 0 unspecified atom stereocenters. The van der Waals surface area contributed by atoms with Crippen LogP contribution in [0.4, 0.5) is 5.00 Å². The number of aromatic nitrogens is 1. The number of carbonyl (C=O) groups excluding carboxylic acids is 3. The molecule has 7 heteroatoms. The second kappa shape index (κ2) is 7.68. The zero-order chi connectivity index (χ0) is 19.7. The Hall–Kier alpha value is -2.41. The Balaban J connectivity index is 1.97. The van der Waals surface area contributed by atoms with Crippen LogP contribution >= 0.6 is 11.3 Å². The molecule has 1 aliphatic carbocycles. The lowest BCUT2D eigenvalue weighted by Crippen LogP contribution is -2.17. The quantitative estimate of drug-likeness (QED) is 0.593. The van der Waals surface area contributed by atoms with E-state index in [1.165, 1.54) is 18.3 Å². The number of ether oxygens (including phenoxy) is 1. The first-order valence-electron chi connectivity index (χ1n) is 9.18. The molecule has 1 amide bonds. The summed E-state index contributed by atoms with van der Waals surface area (Å²) in [5.74, 6) is -0.831. The topological polar surface area (TPSA) is 88.3 Å². The van der Waals surface area contributed by atoms with Gasteiger partial charge in [0.1, 0.15) is 10.7 Å². The van der Waals surface area contributed by atoms with Crippen LogP contribution in [0, 0.1) is 13.8 Å². The molecule has 0 spiro atoms. The maximum absolute atomic E-state index is 12.9. The molecule has 1 aliphatic rings. The van der Waals surface area contributed by atoms with E-state index in [4.69, 9.17) is 4.74 Å². The number of Topliss-reactive ketones (excluding diaryl/α,β-unsaturated/α-hetero) is 1. The third kappa shape index (κ3) is 3.56. The Kier molecular flexibility index (Phi) is 5.51. The van der Waals surface area contributed by atoms with Gasteiger partial charge in [-0.3, -0.25) is 9.59 Å². The van der Waals surface area contributed by atoms with Gasteiger partial charge < -0.3 is 15.0 Å². The summed E-state index contributed by atoms with van der Waals surface area (Å²) in [4.78, 5) is 41.3. The number of hydrogen-bond acceptors (Lipinski definition) is 5. The maximum atomic E-state index is 12.9. The number of fused-ring (bicyclic) bond motifs is 1. The number of rotatable bonds is 5. The highest BCUT2D eigenvalue weighted by atomic mass is 32.1. The van der Waals surface area contributed by atoms with Gasteiger partial charge in [0.25, 0.3) is 5.91 Å². The summed E-state index contributed by atoms with van der Waals surface area (Å²) in [6.45, 7) is 7.06. The monoisotopic (exact) mass is 388 g/mol. The number of carbonyl (C=O) groups is 3. The van der Waals surface area contributed by atoms with Crippen LogP contribution in [0.15, 0.2) is 0 Å². The smallest absolute Gasteiger partial charge is 0.341 e. The number of hydrogen-bond donors (Lipinski definition) is 2. The van der Waals surface area contributed by atoms with Gasteiger partial charge >= 0.3 is 5.97 Å². The zero-order valence-corrected chi connectivity index (χ0v) is 16.9. The highest BCUT2D eigenvalue weighted by Gasteiger charge is 2.28. The molecule has 144 valence electrons. The Morgan fingerprint density at radius 1 is 1.15 bits per heavy atom. The van der Waals surface area contributed by atoms with Crippen molar-refractivity contribution in [1.29, 1.82) is 0 Å². The Labute approximate surface area is 162 Å². The summed E-state index contributed by atoms with van der Waals surface area (Å²) < 4.78 is 5.22. The number of nitrogens with one attached hydrogen (secondary N) is 2. The van der Waals surface area contributed by atoms with Crippen molar-refractivity contribution in [3.63, 3.8) is 0 Å². The van der Waals surface area contributed by atoms with Crippen molar-refractivity contribution in [2.45, 2.75) is 53.4 Å². The standard InChI is InChI=1S/C20H24N2O4S/c1-5-26-20(25)16-13-8-6-7-9-14(13)27-19(16)22-18(24)17-10(2)15(12(4)23)11(3)21-17/h21H,5-9H2,1-4H3,(H,22,24). The van der Waals surface area contributed by atoms with E-state index in [-0.39, 0.29) is 18.3 Å². The molecule has 0 fully saturated rings. The highest BCUT2D eigenvalue weighted by molar-refractivity contribution is 7.17. The van der Waals surface area contributed by atoms with E-state index in [2.05, 4.69) is 10.3 Å². The number of esters is 1. The second-order valence-corrected chi connectivity index (χ2v) is 7.88. The van der Waals surface area contributed by atoms with Crippen molar-refractivity contribution in [1.82, 2.24) is 4.98 Å². The highest BCUT2D eigenvalue weighted by Crippen LogP contribution is 2.39. The van der Waals surface area contributed by atoms with Gasteiger partial charge in [0, 0.05) is 16.1 Å². The van der Waals surface area contributed by atoms with Crippen LogP contribution in [0.2, 0.25) is 0 Å². The molecule has 27 heavy (non-hydrogen) atoms. The van der Waals surface area contributed by atoms with Crippen molar-refractivity contribution in [2.75, 3.05) is 11.9 Å². The van der Waals surface area contributed by atoms with Crippen molar-refractivity contribution in [2.24, 2.45) is 0 Å². The molecule has 0 aromatic carbocycles. The molecule has 0 atom stereocenters. The van der Waals surface area contributed by atoms with Gasteiger partial charge in [0.2, 0.25) is 0 Å². The van der Waals surface area contributed by atoms with Crippen LogP contribution in [0.25, 0.3) is 0 Å². The Bertz CT molecular complexity index is 923. The van der Waals surface area contributed by atoms with Crippen molar-refractivity contribution in [3.8, 4) is 0 Å². The third-order valence-corrected chi connectivity index (χ3v) is 6.10. The molecule has 0 saturated carbocycles. The number of aryl methyl sites for hydroxylation is 2. The van der Waals surface area contributed by atoms with Gasteiger partial charge in [-0.05, 0) is 64.5 Å². The lowest BCUT2D eigenvalue weighted by Gasteiger charge is -2.12. The zero-order valence-electron chi connectivity index (χ0n) is 16.1. The van der Waals surface area contributed by atoms with Crippen LogP contribution in [-0.2, 0) is 17.6 Å². The molecule has 2 N–H and O–H groups in total. The van der Waals surface area contributed by atoms with Gasteiger partial charge in [0.05, 0.1) is 12.2 Å². The van der Waals surface area contributed by atoms with Crippen LogP contribution in [-0.4, -0.2) is 29.3 Å². The van der Waals surface area contributed by atoms with Crippen LogP contribution < -0.4 is 5.32 Å². The van der Waals surface area contributed by atoms with Gasteiger partial charge in [-0.2, -0.15) is 0 Å². The van der Waals surface area contributed by atoms with Crippen LogP contribution in [0.1, 0.15) is 79.6 Å². The number of thiophene rings is 1. The fourth-order valence-corrected chi connectivity index (χ4v) is 5.02. The summed E-state index contributed by atoms with van der Waals surface area (Å²) >= 11 is 1.45. The maximum Gasteiger partial charge on any atom is 0.341 e. The van der Waals surface area contributed by atoms with E-state index in [1.807, 2.05) is 0 Å². The van der Waals surface area contributed by atoms with Gasteiger partial charge in [-0.25, -0.2) is 4.79 Å². The third-order valence-electron chi connectivity index (χ3n) is 4.89. The van der Waals surface area contributed by atoms with Crippen molar-refractivity contribution >= 4 is 34.0 Å². The van der Waals surface area contributed by atoms with E-state index in [0.717, 1.165) is 36.1 Å². The Morgan fingerprint density at radius 2 is 1.85 bits per heavy atom. The molecule has 0 bridgehead atoms. The van der Waals surface area contributed by atoms with Gasteiger partial charge in [-0.15, -0.1) is 11.3 Å². The molecule has 0 saturated heterocycles. The molecule has 2 aromatic heterocycles. The minimum absolute atomic E-state index is 0.0842. The molecule has 0 radical (unpaired) electrons. The minimum atomic E-state index is -0.393. The molecule has 0 aliphatic heterocycles. The molecular formula is C20H24N2O4S. The molecular weight excluding hydrogens is 364 g/mol. The molecule has 6 nitrogen and oxygen atoms in total. The lowest BCUT2D eigenvalue weighted by atomic mass is 9.95. The first-order chi connectivity index (χ1) is 12.8. The largest absolute Gasteiger partial charge is 0.462 e. The SMILES string of the molecule is CCOC(=O)c1c(NC(=O)c2[nH]c(C)c(C(C)=O)c2C)sc2c1CCCC2. The number of ketones is 1. The molecule has 2 heterocycles. The first kappa shape index (κ1) is 19.4. The summed E-state index contributed by atoms with van der Waals surface area (Å²) in [7, 11) is 0. The van der Waals surface area contributed by atoms with E-state index < -0.39 is 5.97 Å². The van der Waals surface area contributed by atoms with E-state index in [0.29, 0.717) is 33.1 Å². The lowest BCUT2D eigenvalue weighted by molar-refractivity contribution is 0.0526. The number of aromatic amines is 1. The van der Waals surface area contributed by atoms with Crippen LogP contribution in [0.5, 0.6) is 0 Å². The predicted octanol–water partition coefficient (Wildman–Crippen LogP) is 4.20. The summed E-state index contributed by atoms with van der Waals surface area (Å²) in [5, 5.41) is 3.41. The fraction of sp³-hybridized carbons (Fsp3) is 0.450. The molecule has 2 aromatic rings. The van der Waals surface area contributed by atoms with Gasteiger partial charge in [-0.1, -0.05) is 0 Å². The van der Waals surface area contributed by atoms with E-state index in [1.54, 1.807) is 20.8 Å². The second-order valence-electron chi connectivity index (χ2n) is 6.77. The van der Waals surface area contributed by atoms with Crippen molar-refractivity contribution < 1.29 is 19.1 Å². The summed E-state index contributed by atoms with van der Waals surface area (Å²) in [6.07, 6.45) is 3.85. The Morgan fingerprint density at radius 3 is 2.48 bits per heavy atom. The summed E-state index contributed by atoms with van der Waals surface area (Å²) in [6, 6.07) is 0. The average molecular weight is 388 g/mol. The average Bonchev–Trinajstić information content (AvgIpc) is 3.11. The normalized spacial score (nSPS) is 13.2. The van der Waals surface area contributed by atoms with Crippen LogP contribution in [0.3, 0.4) is 0 Å². The number of anilines is 1. The van der Waals surface area contributed by atoms with Crippen molar-refractivity contribution in [3.05, 3.63) is 38.5 Å².